The van der Waals surface area contributed by atoms with Crippen molar-refractivity contribution in [2.75, 3.05) is 19.6 Å². The van der Waals surface area contributed by atoms with Crippen LogP contribution in [0, 0.1) is 11.6 Å². The Bertz CT molecular complexity index is 602. The summed E-state index contributed by atoms with van der Waals surface area (Å²) in [7, 11) is 0. The monoisotopic (exact) mass is 466 g/mol. The number of carbonyl (C=O) groups is 1. The van der Waals surface area contributed by atoms with Crippen molar-refractivity contribution in [2.45, 2.75) is 38.6 Å². The van der Waals surface area contributed by atoms with Gasteiger partial charge in [0, 0.05) is 38.0 Å². The number of guanidine groups is 1. The van der Waals surface area contributed by atoms with E-state index in [4.69, 9.17) is 0 Å². The van der Waals surface area contributed by atoms with E-state index in [1.165, 1.54) is 6.07 Å². The molecule has 0 spiro atoms. The van der Waals surface area contributed by atoms with Gasteiger partial charge in [-0.3, -0.25) is 9.79 Å². The highest BCUT2D eigenvalue weighted by Crippen LogP contribution is 2.18. The van der Waals surface area contributed by atoms with Crippen LogP contribution < -0.4 is 16.0 Å². The van der Waals surface area contributed by atoms with E-state index in [2.05, 4.69) is 20.9 Å². The first-order valence-corrected chi connectivity index (χ1v) is 8.26. The third-order valence-electron chi connectivity index (χ3n) is 3.99. The van der Waals surface area contributed by atoms with E-state index >= 15 is 0 Å². The Labute approximate surface area is 164 Å². The standard InChI is InChI=1S/C17H24F2N4O.HI/c1-3-20-17(23-13-5-7-16(24)21-10-13)22-9-11(2)12-4-6-14(18)15(19)8-12;/h4,6,8,11,13H,3,5,7,9-10H2,1-2H3,(H,21,24)(H2,20,22,23);1H. The molecule has 2 rings (SSSR count). The third kappa shape index (κ3) is 6.75. The number of piperidine rings is 1. The van der Waals surface area contributed by atoms with Crippen LogP contribution in [-0.4, -0.2) is 37.5 Å². The second-order valence-corrected chi connectivity index (χ2v) is 5.98. The predicted octanol–water partition coefficient (Wildman–Crippen LogP) is 2.52. The second kappa shape index (κ2) is 10.5. The summed E-state index contributed by atoms with van der Waals surface area (Å²) in [5, 5.41) is 9.28. The van der Waals surface area contributed by atoms with E-state index in [-0.39, 0.29) is 41.8 Å². The zero-order valence-corrected chi connectivity index (χ0v) is 16.8. The highest BCUT2D eigenvalue weighted by atomic mass is 127. The van der Waals surface area contributed by atoms with Gasteiger partial charge in [0.05, 0.1) is 0 Å². The van der Waals surface area contributed by atoms with Gasteiger partial charge in [0.1, 0.15) is 0 Å². The molecule has 8 heteroatoms. The fraction of sp³-hybridized carbons (Fsp3) is 0.529. The van der Waals surface area contributed by atoms with Gasteiger partial charge in [-0.25, -0.2) is 8.78 Å². The normalized spacial score (nSPS) is 18.8. The average molecular weight is 466 g/mol. The number of carbonyl (C=O) groups excluding carboxylic acids is 1. The minimum absolute atomic E-state index is 0. The molecule has 0 aromatic heterocycles. The number of nitrogens with one attached hydrogen (secondary N) is 3. The summed E-state index contributed by atoms with van der Waals surface area (Å²) in [5.74, 6) is -0.994. The van der Waals surface area contributed by atoms with Gasteiger partial charge in [0.25, 0.3) is 0 Å². The Morgan fingerprint density at radius 2 is 2.16 bits per heavy atom. The van der Waals surface area contributed by atoms with Crippen LogP contribution >= 0.6 is 24.0 Å². The van der Waals surface area contributed by atoms with Gasteiger partial charge in [-0.2, -0.15) is 0 Å². The van der Waals surface area contributed by atoms with Crippen LogP contribution in [0.25, 0.3) is 0 Å². The molecular formula is C17H25F2IN4O. The van der Waals surface area contributed by atoms with E-state index in [9.17, 15) is 13.6 Å². The van der Waals surface area contributed by atoms with Crippen LogP contribution in [0.2, 0.25) is 0 Å². The van der Waals surface area contributed by atoms with Crippen molar-refractivity contribution in [2.24, 2.45) is 4.99 Å². The fourth-order valence-electron chi connectivity index (χ4n) is 2.52. The topological polar surface area (TPSA) is 65.5 Å². The molecule has 1 aliphatic heterocycles. The number of aliphatic imine (C=N–C) groups is 1. The zero-order chi connectivity index (χ0) is 17.5. The van der Waals surface area contributed by atoms with Crippen molar-refractivity contribution in [1.29, 1.82) is 0 Å². The molecule has 1 aromatic carbocycles. The van der Waals surface area contributed by atoms with Crippen LogP contribution in [0.5, 0.6) is 0 Å². The smallest absolute Gasteiger partial charge is 0.220 e. The number of hydrogen-bond acceptors (Lipinski definition) is 2. The Morgan fingerprint density at radius 3 is 2.76 bits per heavy atom. The molecule has 3 N–H and O–H groups in total. The first-order valence-electron chi connectivity index (χ1n) is 8.26. The van der Waals surface area contributed by atoms with Crippen LogP contribution in [0.1, 0.15) is 38.2 Å². The number of nitrogens with zero attached hydrogens (tertiary/aromatic N) is 1. The molecule has 1 heterocycles. The highest BCUT2D eigenvalue weighted by molar-refractivity contribution is 14.0. The minimum Gasteiger partial charge on any atom is -0.357 e. The molecule has 1 saturated heterocycles. The summed E-state index contributed by atoms with van der Waals surface area (Å²) < 4.78 is 26.3. The van der Waals surface area contributed by atoms with Crippen LogP contribution in [-0.2, 0) is 4.79 Å². The fourth-order valence-corrected chi connectivity index (χ4v) is 2.52. The lowest BCUT2D eigenvalue weighted by Crippen LogP contribution is -2.51. The van der Waals surface area contributed by atoms with E-state index in [0.29, 0.717) is 37.6 Å². The molecule has 0 radical (unpaired) electrons. The average Bonchev–Trinajstić information content (AvgIpc) is 2.57. The Hall–Kier alpha value is -1.45. The van der Waals surface area contributed by atoms with Crippen molar-refractivity contribution >= 4 is 35.8 Å². The van der Waals surface area contributed by atoms with E-state index in [0.717, 1.165) is 12.5 Å². The van der Waals surface area contributed by atoms with Crippen molar-refractivity contribution in [3.8, 4) is 0 Å². The Balaban J connectivity index is 0.00000312. The Morgan fingerprint density at radius 1 is 1.40 bits per heavy atom. The first kappa shape index (κ1) is 21.6. The maximum absolute atomic E-state index is 13.3. The molecule has 140 valence electrons. The molecule has 5 nitrogen and oxygen atoms in total. The summed E-state index contributed by atoms with van der Waals surface area (Å²) in [6.45, 7) is 5.62. The molecular weight excluding hydrogens is 441 g/mol. The van der Waals surface area contributed by atoms with Gasteiger partial charge < -0.3 is 16.0 Å². The maximum Gasteiger partial charge on any atom is 0.220 e. The lowest BCUT2D eigenvalue weighted by atomic mass is 10.0. The lowest BCUT2D eigenvalue weighted by Gasteiger charge is -2.25. The summed E-state index contributed by atoms with van der Waals surface area (Å²) in [4.78, 5) is 15.7. The van der Waals surface area contributed by atoms with Crippen molar-refractivity contribution < 1.29 is 13.6 Å². The van der Waals surface area contributed by atoms with Gasteiger partial charge in [-0.15, -0.1) is 24.0 Å². The number of benzene rings is 1. The number of rotatable bonds is 5. The number of hydrogen-bond donors (Lipinski definition) is 3. The molecule has 0 saturated carbocycles. The minimum atomic E-state index is -0.844. The van der Waals surface area contributed by atoms with Crippen LogP contribution in [0.4, 0.5) is 8.78 Å². The second-order valence-electron chi connectivity index (χ2n) is 5.98. The molecule has 0 bridgehead atoms. The molecule has 2 unspecified atom stereocenters. The Kier molecular flexibility index (Phi) is 9.09. The van der Waals surface area contributed by atoms with Crippen molar-refractivity contribution in [3.63, 3.8) is 0 Å². The van der Waals surface area contributed by atoms with E-state index in [1.807, 2.05) is 13.8 Å². The largest absolute Gasteiger partial charge is 0.357 e. The van der Waals surface area contributed by atoms with Gasteiger partial charge in [0.15, 0.2) is 17.6 Å². The third-order valence-corrected chi connectivity index (χ3v) is 3.99. The van der Waals surface area contributed by atoms with E-state index < -0.39 is 11.6 Å². The number of amides is 1. The first-order chi connectivity index (χ1) is 11.5. The van der Waals surface area contributed by atoms with Crippen LogP contribution in [0.15, 0.2) is 23.2 Å². The molecule has 25 heavy (non-hydrogen) atoms. The molecule has 1 fully saturated rings. The predicted molar refractivity (Wildman–Crippen MR) is 105 cm³/mol. The summed E-state index contributed by atoms with van der Waals surface area (Å²) in [5.41, 5.74) is 0.707. The lowest BCUT2D eigenvalue weighted by molar-refractivity contribution is -0.122. The summed E-state index contributed by atoms with van der Waals surface area (Å²) in [6.07, 6.45) is 1.26. The molecule has 1 aliphatic rings. The maximum atomic E-state index is 13.3. The van der Waals surface area contributed by atoms with E-state index in [1.54, 1.807) is 6.07 Å². The molecule has 1 aromatic rings. The van der Waals surface area contributed by atoms with Crippen LogP contribution in [0.3, 0.4) is 0 Å². The molecule has 1 amide bonds. The van der Waals surface area contributed by atoms with Gasteiger partial charge >= 0.3 is 0 Å². The molecule has 2 atom stereocenters. The summed E-state index contributed by atoms with van der Waals surface area (Å²) in [6, 6.07) is 4.07. The zero-order valence-electron chi connectivity index (χ0n) is 14.4. The SMILES string of the molecule is CCNC(=NCC(C)c1ccc(F)c(F)c1)NC1CCC(=O)NC1.I. The van der Waals surface area contributed by atoms with Gasteiger partial charge in [0.2, 0.25) is 5.91 Å². The van der Waals surface area contributed by atoms with Gasteiger partial charge in [-0.1, -0.05) is 13.0 Å². The summed E-state index contributed by atoms with van der Waals surface area (Å²) >= 11 is 0. The van der Waals surface area contributed by atoms with Gasteiger partial charge in [-0.05, 0) is 31.0 Å². The van der Waals surface area contributed by atoms with Crippen molar-refractivity contribution in [1.82, 2.24) is 16.0 Å². The number of halogens is 3. The highest BCUT2D eigenvalue weighted by Gasteiger charge is 2.18. The molecule has 0 aliphatic carbocycles. The van der Waals surface area contributed by atoms with Crippen molar-refractivity contribution in [3.05, 3.63) is 35.4 Å². The quantitative estimate of drug-likeness (QED) is 0.355.